The third-order valence-electron chi connectivity index (χ3n) is 10.8. The van der Waals surface area contributed by atoms with E-state index in [1.54, 1.807) is 12.1 Å². The van der Waals surface area contributed by atoms with Gasteiger partial charge in [0.1, 0.15) is 17.4 Å². The van der Waals surface area contributed by atoms with Crippen molar-refractivity contribution in [3.8, 4) is 35.2 Å². The summed E-state index contributed by atoms with van der Waals surface area (Å²) in [6, 6.07) is 9.27. The highest BCUT2D eigenvalue weighted by atomic mass is 35.5. The number of likely N-dealkylation sites (tertiary alicyclic amines) is 1. The summed E-state index contributed by atoms with van der Waals surface area (Å²) in [5.41, 5.74) is 1.45. The van der Waals surface area contributed by atoms with Crippen LogP contribution >= 0.6 is 23.2 Å². The molecule has 0 radical (unpaired) electrons. The van der Waals surface area contributed by atoms with Gasteiger partial charge in [-0.15, -0.1) is 6.42 Å². The summed E-state index contributed by atoms with van der Waals surface area (Å²) >= 11 is 14.3. The molecule has 1 saturated carbocycles. The molecule has 4 atom stereocenters. The molecule has 47 heavy (non-hydrogen) atoms. The minimum atomic E-state index is -0.545. The molecule has 9 rings (SSSR count). The van der Waals surface area contributed by atoms with E-state index in [2.05, 4.69) is 21.0 Å². The summed E-state index contributed by atoms with van der Waals surface area (Å²) in [6.07, 6.45) is 11.7. The van der Waals surface area contributed by atoms with Crippen molar-refractivity contribution in [1.29, 1.82) is 0 Å². The van der Waals surface area contributed by atoms with Gasteiger partial charge in [-0.2, -0.15) is 9.97 Å². The summed E-state index contributed by atoms with van der Waals surface area (Å²) in [5, 5.41) is 16.7. The number of rotatable bonds is 7. The molecular weight excluding hydrogens is 640 g/mol. The van der Waals surface area contributed by atoms with Gasteiger partial charge in [0.25, 0.3) is 0 Å². The van der Waals surface area contributed by atoms with E-state index in [4.69, 9.17) is 49.1 Å². The standard InChI is InChI=1S/C36H34Cl2FN5O3/c1-2-25-29(39)6-3-19-9-23(45)11-26(30(19)25)31-28(37)12-27-33(32(31)38)41-35(42-34(27)43-13-20-4-5-21(14-43)40-20)47-18-36(7-8-36)17-44-15-24-10-22(44)16-46-24/h1,3,6,9,11-12,20-22,24,40,45H,4-5,7-8,10,13-18H2/t20?,21?,22-,24-/m1/s1. The van der Waals surface area contributed by atoms with Crippen LogP contribution in [0.25, 0.3) is 32.8 Å². The van der Waals surface area contributed by atoms with Crippen LogP contribution in [0.5, 0.6) is 11.8 Å². The van der Waals surface area contributed by atoms with Crippen molar-refractivity contribution in [3.63, 3.8) is 0 Å². The molecule has 2 unspecified atom stereocenters. The van der Waals surface area contributed by atoms with E-state index in [0.29, 0.717) is 68.7 Å². The Morgan fingerprint density at radius 2 is 1.94 bits per heavy atom. The van der Waals surface area contributed by atoms with Crippen LogP contribution < -0.4 is 15.0 Å². The number of anilines is 1. The highest BCUT2D eigenvalue weighted by Crippen LogP contribution is 2.49. The van der Waals surface area contributed by atoms with Crippen molar-refractivity contribution in [3.05, 3.63) is 51.8 Å². The lowest BCUT2D eigenvalue weighted by atomic mass is 9.93. The molecule has 8 nitrogen and oxygen atoms in total. The van der Waals surface area contributed by atoms with Gasteiger partial charge in [0.05, 0.1) is 40.4 Å². The van der Waals surface area contributed by atoms with Gasteiger partial charge >= 0.3 is 6.01 Å². The van der Waals surface area contributed by atoms with Gasteiger partial charge in [-0.05, 0) is 67.3 Å². The number of terminal acetylenes is 1. The van der Waals surface area contributed by atoms with Gasteiger partial charge < -0.3 is 24.8 Å². The number of fused-ring (bicyclic) bond motifs is 6. The number of benzene rings is 3. The maximum Gasteiger partial charge on any atom is 0.319 e. The highest BCUT2D eigenvalue weighted by molar-refractivity contribution is 6.43. The number of phenols is 1. The Labute approximate surface area is 282 Å². The first-order valence-corrected chi connectivity index (χ1v) is 17.1. The number of hydrogen-bond acceptors (Lipinski definition) is 8. The van der Waals surface area contributed by atoms with Gasteiger partial charge in [-0.25, -0.2) is 4.39 Å². The van der Waals surface area contributed by atoms with Crippen molar-refractivity contribution >= 4 is 50.7 Å². The van der Waals surface area contributed by atoms with Crippen molar-refractivity contribution in [2.75, 3.05) is 44.3 Å². The SMILES string of the molecule is C#Cc1c(F)ccc2cc(O)cc(-c3c(Cl)cc4c(N5CC6CCC(C5)N6)nc(OCC5(CN6C[C@H]7C[C@@H]6CO7)CC5)nc4c3Cl)c12. The van der Waals surface area contributed by atoms with E-state index < -0.39 is 5.82 Å². The molecular formula is C36H34Cl2FN5O3. The molecule has 4 aliphatic heterocycles. The van der Waals surface area contributed by atoms with Crippen LogP contribution in [0.15, 0.2) is 30.3 Å². The van der Waals surface area contributed by atoms with E-state index >= 15 is 0 Å². The first-order valence-electron chi connectivity index (χ1n) is 16.4. The predicted molar refractivity (Wildman–Crippen MR) is 181 cm³/mol. The predicted octanol–water partition coefficient (Wildman–Crippen LogP) is 6.16. The highest BCUT2D eigenvalue weighted by Gasteiger charge is 2.49. The molecule has 5 fully saturated rings. The smallest absolute Gasteiger partial charge is 0.319 e. The summed E-state index contributed by atoms with van der Waals surface area (Å²) in [7, 11) is 0. The molecule has 242 valence electrons. The van der Waals surface area contributed by atoms with Crippen LogP contribution in [0, 0.1) is 23.6 Å². The number of piperazine rings is 1. The largest absolute Gasteiger partial charge is 0.508 e. The number of nitrogens with one attached hydrogen (secondary N) is 1. The van der Waals surface area contributed by atoms with Crippen molar-refractivity contribution in [2.45, 2.75) is 56.3 Å². The van der Waals surface area contributed by atoms with Crippen LogP contribution in [0.1, 0.15) is 37.7 Å². The molecule has 11 heteroatoms. The lowest BCUT2D eigenvalue weighted by Gasteiger charge is -2.34. The van der Waals surface area contributed by atoms with E-state index in [-0.39, 0.29) is 27.8 Å². The average molecular weight is 675 g/mol. The van der Waals surface area contributed by atoms with Crippen molar-refractivity contribution < 1.29 is 19.0 Å². The topological polar surface area (TPSA) is 83.0 Å². The van der Waals surface area contributed by atoms with E-state index in [9.17, 15) is 9.50 Å². The normalized spacial score (nSPS) is 26.0. The Bertz CT molecular complexity index is 1990. The molecule has 5 heterocycles. The maximum absolute atomic E-state index is 15.0. The molecule has 4 aromatic rings. The Morgan fingerprint density at radius 3 is 2.64 bits per heavy atom. The average Bonchev–Trinajstić information content (AvgIpc) is 3.32. The quantitative estimate of drug-likeness (QED) is 0.226. The second kappa shape index (κ2) is 11.1. The summed E-state index contributed by atoms with van der Waals surface area (Å²) in [6.45, 7) is 4.90. The summed E-state index contributed by atoms with van der Waals surface area (Å²) in [5.74, 6) is 2.64. The third kappa shape index (κ3) is 5.08. The summed E-state index contributed by atoms with van der Waals surface area (Å²) < 4.78 is 27.3. The fourth-order valence-corrected chi connectivity index (χ4v) is 8.99. The molecule has 4 bridgehead atoms. The van der Waals surface area contributed by atoms with Crippen LogP contribution in [-0.2, 0) is 4.74 Å². The zero-order chi connectivity index (χ0) is 32.0. The zero-order valence-corrected chi connectivity index (χ0v) is 27.2. The minimum Gasteiger partial charge on any atom is -0.508 e. The van der Waals surface area contributed by atoms with E-state index in [0.717, 1.165) is 70.7 Å². The number of nitrogens with zero attached hydrogens (tertiary/aromatic N) is 4. The van der Waals surface area contributed by atoms with E-state index in [1.807, 2.05) is 6.07 Å². The lowest BCUT2D eigenvalue weighted by Crippen LogP contribution is -2.51. The van der Waals surface area contributed by atoms with Gasteiger partial charge in [0, 0.05) is 66.1 Å². The number of aromatic hydroxyl groups is 1. The minimum absolute atomic E-state index is 0.0227. The fourth-order valence-electron chi connectivity index (χ4n) is 8.29. The van der Waals surface area contributed by atoms with Crippen LogP contribution in [0.4, 0.5) is 10.2 Å². The Morgan fingerprint density at radius 1 is 1.13 bits per heavy atom. The fraction of sp³-hybridized carbons (Fsp3) is 0.444. The van der Waals surface area contributed by atoms with Crippen LogP contribution in [0.3, 0.4) is 0 Å². The number of ether oxygens (including phenoxy) is 2. The van der Waals surface area contributed by atoms with E-state index in [1.165, 1.54) is 12.1 Å². The zero-order valence-electron chi connectivity index (χ0n) is 25.7. The van der Waals surface area contributed by atoms with Gasteiger partial charge in [0.2, 0.25) is 0 Å². The Balaban J connectivity index is 1.15. The molecule has 5 aliphatic rings. The summed E-state index contributed by atoms with van der Waals surface area (Å²) in [4.78, 5) is 14.7. The lowest BCUT2D eigenvalue weighted by molar-refractivity contribution is 0.0176. The van der Waals surface area contributed by atoms with Gasteiger partial charge in [-0.1, -0.05) is 35.2 Å². The third-order valence-corrected chi connectivity index (χ3v) is 11.5. The first kappa shape index (κ1) is 29.7. The molecule has 3 aromatic carbocycles. The second-order valence-electron chi connectivity index (χ2n) is 14.0. The first-order chi connectivity index (χ1) is 22.8. The molecule has 1 aliphatic carbocycles. The van der Waals surface area contributed by atoms with Gasteiger partial charge in [-0.3, -0.25) is 4.90 Å². The number of morpholine rings is 1. The monoisotopic (exact) mass is 673 g/mol. The van der Waals surface area contributed by atoms with Gasteiger partial charge in [0.15, 0.2) is 0 Å². The Hall–Kier alpha value is -3.39. The van der Waals surface area contributed by atoms with Crippen LogP contribution in [-0.4, -0.2) is 83.6 Å². The maximum atomic E-state index is 15.0. The number of halogens is 3. The molecule has 1 aromatic heterocycles. The number of aromatic nitrogens is 2. The molecule has 4 saturated heterocycles. The molecule has 0 amide bonds. The Kier molecular flexibility index (Phi) is 7.01. The molecule has 0 spiro atoms. The van der Waals surface area contributed by atoms with Crippen LogP contribution in [0.2, 0.25) is 10.0 Å². The van der Waals surface area contributed by atoms with Crippen molar-refractivity contribution in [2.24, 2.45) is 5.41 Å². The second-order valence-corrected chi connectivity index (χ2v) is 14.8. The number of phenolic OH excluding ortho intramolecular Hbond substituents is 1. The number of hydrogen-bond donors (Lipinski definition) is 2. The molecule has 2 N–H and O–H groups in total. The van der Waals surface area contributed by atoms with Crippen molar-refractivity contribution in [1.82, 2.24) is 20.2 Å².